The molecule has 1 amide bonds. The highest BCUT2D eigenvalue weighted by atomic mass is 35.5. The smallest absolute Gasteiger partial charge is 0.328 e. The van der Waals surface area contributed by atoms with Crippen molar-refractivity contribution in [2.45, 2.75) is 25.4 Å². The van der Waals surface area contributed by atoms with Crippen LogP contribution < -0.4 is 11.1 Å². The second kappa shape index (κ2) is 8.50. The summed E-state index contributed by atoms with van der Waals surface area (Å²) in [6.07, 6.45) is 0.381. The Bertz CT molecular complexity index is 410. The zero-order valence-corrected chi connectivity index (χ0v) is 11.8. The quantitative estimate of drug-likeness (QED) is 0.779. The molecule has 0 aliphatic heterocycles. The summed E-state index contributed by atoms with van der Waals surface area (Å²) in [5.41, 5.74) is 6.40. The van der Waals surface area contributed by atoms with Crippen molar-refractivity contribution in [2.75, 3.05) is 7.11 Å². The Morgan fingerprint density at radius 2 is 1.89 bits per heavy atom. The van der Waals surface area contributed by atoms with E-state index in [0.717, 1.165) is 5.56 Å². The zero-order chi connectivity index (χ0) is 13.5. The average Bonchev–Trinajstić information content (AvgIpc) is 2.38. The number of carbonyl (C=O) groups is 2. The number of rotatable bonds is 5. The normalized spacial score (nSPS) is 12.8. The summed E-state index contributed by atoms with van der Waals surface area (Å²) < 4.78 is 4.67. The summed E-state index contributed by atoms with van der Waals surface area (Å²) in [5, 5.41) is 2.58. The fourth-order valence-corrected chi connectivity index (χ4v) is 1.49. The number of methoxy groups -OCH3 is 1. The Labute approximate surface area is 118 Å². The number of nitrogens with two attached hydrogens (primary N) is 1. The molecule has 0 aromatic heterocycles. The monoisotopic (exact) mass is 286 g/mol. The molecule has 0 radical (unpaired) electrons. The third kappa shape index (κ3) is 5.72. The first-order chi connectivity index (χ1) is 8.54. The van der Waals surface area contributed by atoms with Gasteiger partial charge in [0.15, 0.2) is 0 Å². The lowest BCUT2D eigenvalue weighted by Crippen LogP contribution is -2.48. The van der Waals surface area contributed by atoms with Gasteiger partial charge in [0.25, 0.3) is 0 Å². The third-order valence-corrected chi connectivity index (χ3v) is 2.50. The highest BCUT2D eigenvalue weighted by molar-refractivity contribution is 5.87. The molecule has 0 fully saturated rings. The van der Waals surface area contributed by atoms with Crippen molar-refractivity contribution in [3.63, 3.8) is 0 Å². The highest BCUT2D eigenvalue weighted by Gasteiger charge is 2.23. The van der Waals surface area contributed by atoms with Gasteiger partial charge in [-0.05, 0) is 12.5 Å². The van der Waals surface area contributed by atoms with Gasteiger partial charge in [0, 0.05) is 6.42 Å². The molecule has 106 valence electrons. The highest BCUT2D eigenvalue weighted by Crippen LogP contribution is 2.04. The Hall–Kier alpha value is -1.59. The van der Waals surface area contributed by atoms with Crippen molar-refractivity contribution < 1.29 is 14.3 Å². The molecule has 2 atom stereocenters. The molecule has 3 N–H and O–H groups in total. The second-order valence-corrected chi connectivity index (χ2v) is 4.06. The minimum Gasteiger partial charge on any atom is -0.467 e. The Morgan fingerprint density at radius 1 is 1.32 bits per heavy atom. The minimum atomic E-state index is -0.712. The molecule has 0 saturated heterocycles. The van der Waals surface area contributed by atoms with Crippen LogP contribution in [0.1, 0.15) is 12.5 Å². The van der Waals surface area contributed by atoms with E-state index >= 15 is 0 Å². The summed E-state index contributed by atoms with van der Waals surface area (Å²) >= 11 is 0. The number of amides is 1. The molecule has 0 heterocycles. The van der Waals surface area contributed by atoms with Gasteiger partial charge < -0.3 is 15.8 Å². The summed E-state index contributed by atoms with van der Waals surface area (Å²) in [4.78, 5) is 23.1. The van der Waals surface area contributed by atoms with E-state index in [2.05, 4.69) is 10.1 Å². The van der Waals surface area contributed by atoms with Gasteiger partial charge in [0.1, 0.15) is 6.04 Å². The summed E-state index contributed by atoms with van der Waals surface area (Å²) in [7, 11) is 1.29. The van der Waals surface area contributed by atoms with Gasteiger partial charge in [-0.15, -0.1) is 12.4 Å². The molecule has 0 spiro atoms. The van der Waals surface area contributed by atoms with Crippen LogP contribution in [0.2, 0.25) is 0 Å². The molecule has 0 bridgehead atoms. The maximum absolute atomic E-state index is 11.6. The SMILES string of the molecule is COC(=O)C(Cc1ccccc1)NC(=O)C(C)N.Cl. The maximum atomic E-state index is 11.6. The summed E-state index contributed by atoms with van der Waals surface area (Å²) in [6.45, 7) is 1.56. The van der Waals surface area contributed by atoms with Gasteiger partial charge in [-0.3, -0.25) is 4.79 Å². The molecule has 6 heteroatoms. The zero-order valence-electron chi connectivity index (χ0n) is 11.0. The van der Waals surface area contributed by atoms with Crippen LogP contribution in [0, 0.1) is 0 Å². The van der Waals surface area contributed by atoms with E-state index in [1.807, 2.05) is 30.3 Å². The number of carbonyl (C=O) groups excluding carboxylic acids is 2. The molecule has 0 saturated carbocycles. The van der Waals surface area contributed by atoms with E-state index in [-0.39, 0.29) is 18.3 Å². The van der Waals surface area contributed by atoms with Crippen LogP contribution in [0.25, 0.3) is 0 Å². The number of esters is 1. The van der Waals surface area contributed by atoms with Crippen LogP contribution in [-0.2, 0) is 20.7 Å². The lowest BCUT2D eigenvalue weighted by atomic mass is 10.1. The Kier molecular flexibility index (Phi) is 7.79. The van der Waals surface area contributed by atoms with E-state index in [9.17, 15) is 9.59 Å². The van der Waals surface area contributed by atoms with Gasteiger partial charge in [-0.2, -0.15) is 0 Å². The van der Waals surface area contributed by atoms with Crippen molar-refractivity contribution in [2.24, 2.45) is 5.73 Å². The third-order valence-electron chi connectivity index (χ3n) is 2.50. The van der Waals surface area contributed by atoms with Crippen LogP contribution in [0.4, 0.5) is 0 Å². The first kappa shape index (κ1) is 17.4. The fraction of sp³-hybridized carbons (Fsp3) is 0.385. The van der Waals surface area contributed by atoms with Gasteiger partial charge in [0.05, 0.1) is 13.2 Å². The number of hydrogen-bond acceptors (Lipinski definition) is 4. The van der Waals surface area contributed by atoms with Crippen LogP contribution in [0.3, 0.4) is 0 Å². The first-order valence-electron chi connectivity index (χ1n) is 5.72. The van der Waals surface area contributed by atoms with Crippen molar-refractivity contribution >= 4 is 24.3 Å². The van der Waals surface area contributed by atoms with Crippen molar-refractivity contribution in [1.82, 2.24) is 5.32 Å². The topological polar surface area (TPSA) is 81.4 Å². The number of halogens is 1. The molecule has 1 aromatic carbocycles. The van der Waals surface area contributed by atoms with Gasteiger partial charge in [-0.25, -0.2) is 4.79 Å². The molecular weight excluding hydrogens is 268 g/mol. The Morgan fingerprint density at radius 3 is 2.37 bits per heavy atom. The number of nitrogens with one attached hydrogen (secondary N) is 1. The van der Waals surface area contributed by atoms with E-state index < -0.39 is 18.1 Å². The van der Waals surface area contributed by atoms with E-state index in [4.69, 9.17) is 5.73 Å². The van der Waals surface area contributed by atoms with Crippen molar-refractivity contribution in [3.8, 4) is 0 Å². The van der Waals surface area contributed by atoms with Crippen LogP contribution in [0.15, 0.2) is 30.3 Å². The van der Waals surface area contributed by atoms with Crippen LogP contribution >= 0.6 is 12.4 Å². The molecule has 0 aliphatic carbocycles. The fourth-order valence-electron chi connectivity index (χ4n) is 1.49. The second-order valence-electron chi connectivity index (χ2n) is 4.06. The van der Waals surface area contributed by atoms with E-state index in [0.29, 0.717) is 6.42 Å². The van der Waals surface area contributed by atoms with Crippen LogP contribution in [-0.4, -0.2) is 31.1 Å². The number of hydrogen-bond donors (Lipinski definition) is 2. The molecule has 19 heavy (non-hydrogen) atoms. The maximum Gasteiger partial charge on any atom is 0.328 e. The van der Waals surface area contributed by atoms with Crippen molar-refractivity contribution in [1.29, 1.82) is 0 Å². The van der Waals surface area contributed by atoms with Gasteiger partial charge in [-0.1, -0.05) is 30.3 Å². The molecule has 0 aliphatic rings. The van der Waals surface area contributed by atoms with Gasteiger partial charge in [0.2, 0.25) is 5.91 Å². The van der Waals surface area contributed by atoms with E-state index in [1.54, 1.807) is 6.92 Å². The standard InChI is InChI=1S/C13H18N2O3.ClH/c1-9(14)12(16)15-11(13(17)18-2)8-10-6-4-3-5-7-10;/h3-7,9,11H,8,14H2,1-2H3,(H,15,16);1H. The summed E-state index contributed by atoms with van der Waals surface area (Å²) in [6, 6.07) is 8.02. The van der Waals surface area contributed by atoms with E-state index in [1.165, 1.54) is 7.11 Å². The Balaban J connectivity index is 0.00000324. The number of benzene rings is 1. The molecule has 1 rings (SSSR count). The van der Waals surface area contributed by atoms with Crippen LogP contribution in [0.5, 0.6) is 0 Å². The molecular formula is C13H19ClN2O3. The average molecular weight is 287 g/mol. The largest absolute Gasteiger partial charge is 0.467 e. The first-order valence-corrected chi connectivity index (χ1v) is 5.72. The lowest BCUT2D eigenvalue weighted by Gasteiger charge is -2.17. The van der Waals surface area contributed by atoms with Gasteiger partial charge >= 0.3 is 5.97 Å². The summed E-state index contributed by atoms with van der Waals surface area (Å²) in [5.74, 6) is -0.853. The molecule has 2 unspecified atom stereocenters. The lowest BCUT2D eigenvalue weighted by molar-refractivity contribution is -0.145. The number of ether oxygens (including phenoxy) is 1. The predicted molar refractivity (Wildman–Crippen MR) is 75.0 cm³/mol. The molecule has 1 aromatic rings. The van der Waals surface area contributed by atoms with Crippen molar-refractivity contribution in [3.05, 3.63) is 35.9 Å². The minimum absolute atomic E-state index is 0. The predicted octanol–water partition coefficient (Wildman–Crippen LogP) is 0.656. The molecule has 5 nitrogen and oxygen atoms in total.